The second-order valence-electron chi connectivity index (χ2n) is 5.25. The van der Waals surface area contributed by atoms with E-state index in [4.69, 9.17) is 2.78 Å². The molecule has 0 saturated carbocycles. The zero-order chi connectivity index (χ0) is 17.9. The summed E-state index contributed by atoms with van der Waals surface area (Å²) in [7, 11) is 0. The maximum atomic E-state index is 13.1. The molecule has 2 heterocycles. The Morgan fingerprint density at radius 3 is 2.36 bits per heavy atom. The Morgan fingerprint density at radius 1 is 1.32 bits per heavy atom. The number of nitrogens with one attached hydrogen (secondary N) is 1. The predicted octanol–water partition coefficient (Wildman–Crippen LogP) is 1.29. The molecule has 3 rings (SSSR count). The maximum absolute atomic E-state index is 13.1. The van der Waals surface area contributed by atoms with Crippen LogP contribution < -0.4 is 5.31 Å². The lowest BCUT2D eigenvalue weighted by Gasteiger charge is -2.41. The van der Waals surface area contributed by atoms with Gasteiger partial charge in [0.15, 0.2) is 5.60 Å². The highest BCUT2D eigenvalue weighted by Crippen LogP contribution is 2.40. The summed E-state index contributed by atoms with van der Waals surface area (Å²) in [6, 6.07) is 5.61. The molecule has 1 aromatic carbocycles. The number of nitrogens with zero attached hydrogens (tertiary/aromatic N) is 1. The van der Waals surface area contributed by atoms with E-state index in [9.17, 15) is 27.9 Å². The van der Waals surface area contributed by atoms with Crippen LogP contribution in [0.1, 0.15) is 34.9 Å². The SMILES string of the molecule is [2H]N1CCC(O)(C(F)(F)F)CC1([2H])N1C(=O)c2ccccc2C1=O. The molecule has 0 spiro atoms. The van der Waals surface area contributed by atoms with E-state index < -0.39 is 49.1 Å². The standard InChI is InChI=1S/C14H13F3N2O3/c15-14(16,17)13(22)5-6-18-10(7-13)19-11(20)8-3-1-2-4-9(8)12(19)21/h1-4,10,18,22H,5-7H2/i10D/hD. The molecule has 2 aliphatic rings. The van der Waals surface area contributed by atoms with Gasteiger partial charge in [0.2, 0.25) is 0 Å². The molecule has 5 nitrogen and oxygen atoms in total. The van der Waals surface area contributed by atoms with Crippen molar-refractivity contribution in [3.05, 3.63) is 35.4 Å². The Morgan fingerprint density at radius 2 is 1.86 bits per heavy atom. The van der Waals surface area contributed by atoms with Crippen molar-refractivity contribution in [3.8, 4) is 0 Å². The zero-order valence-electron chi connectivity index (χ0n) is 13.2. The summed E-state index contributed by atoms with van der Waals surface area (Å²) in [5.41, 5.74) is -3.32. The molecule has 2 N–H and O–H groups in total. The number of halogens is 3. The van der Waals surface area contributed by atoms with E-state index in [0.717, 1.165) is 0 Å². The molecule has 0 aromatic heterocycles. The lowest BCUT2D eigenvalue weighted by Crippen LogP contribution is -2.61. The number of alkyl halides is 3. The third kappa shape index (κ3) is 2.10. The van der Waals surface area contributed by atoms with Gasteiger partial charge in [-0.25, -0.2) is 0 Å². The highest BCUT2D eigenvalue weighted by atomic mass is 19.4. The molecular formula is C14H13F3N2O3. The van der Waals surface area contributed by atoms with Crippen LogP contribution in [0.3, 0.4) is 0 Å². The largest absolute Gasteiger partial charge is 0.417 e. The fraction of sp³-hybridized carbons (Fsp3) is 0.429. The van der Waals surface area contributed by atoms with Gasteiger partial charge in [-0.15, -0.1) is 0 Å². The quantitative estimate of drug-likeness (QED) is 0.766. The molecule has 2 aliphatic heterocycles. The summed E-state index contributed by atoms with van der Waals surface area (Å²) < 4.78 is 55.5. The Kier molecular flexibility index (Phi) is 2.74. The molecule has 2 amide bonds. The van der Waals surface area contributed by atoms with Crippen molar-refractivity contribution in [1.82, 2.24) is 10.2 Å². The Balaban J connectivity index is 2.04. The molecule has 0 aliphatic carbocycles. The van der Waals surface area contributed by atoms with Crippen LogP contribution in [0.2, 0.25) is 1.41 Å². The fourth-order valence-electron chi connectivity index (χ4n) is 2.59. The molecule has 8 heteroatoms. The molecule has 1 saturated heterocycles. The first kappa shape index (κ1) is 12.6. The van der Waals surface area contributed by atoms with Crippen LogP contribution in [0.4, 0.5) is 13.2 Å². The van der Waals surface area contributed by atoms with Crippen LogP contribution in [0.25, 0.3) is 0 Å². The molecule has 22 heavy (non-hydrogen) atoms. The van der Waals surface area contributed by atoms with Gasteiger partial charge in [0, 0.05) is 13.0 Å². The van der Waals surface area contributed by atoms with E-state index in [-0.39, 0.29) is 11.1 Å². The summed E-state index contributed by atoms with van der Waals surface area (Å²) in [6.45, 7) is -0.618. The van der Waals surface area contributed by atoms with E-state index in [0.29, 0.717) is 10.2 Å². The van der Waals surface area contributed by atoms with Crippen LogP contribution in [0.15, 0.2) is 24.3 Å². The number of benzene rings is 1. The number of aliphatic hydroxyl groups is 1. The summed E-state index contributed by atoms with van der Waals surface area (Å²) in [4.78, 5) is 25.2. The molecule has 1 fully saturated rings. The maximum Gasteiger partial charge on any atom is 0.417 e. The summed E-state index contributed by atoms with van der Waals surface area (Å²) in [5.74, 6) is -1.90. The van der Waals surface area contributed by atoms with Crippen molar-refractivity contribution in [2.75, 3.05) is 6.54 Å². The number of imide groups is 1. The predicted molar refractivity (Wildman–Crippen MR) is 69.0 cm³/mol. The third-order valence-electron chi connectivity index (χ3n) is 3.85. The second kappa shape index (κ2) is 4.79. The van der Waals surface area contributed by atoms with Crippen LogP contribution in [0.5, 0.6) is 0 Å². The number of rotatable bonds is 1. The van der Waals surface area contributed by atoms with E-state index in [1.54, 1.807) is 0 Å². The van der Waals surface area contributed by atoms with E-state index in [2.05, 4.69) is 0 Å². The summed E-state index contributed by atoms with van der Waals surface area (Å²) in [5, 5.41) is 10.3. The van der Waals surface area contributed by atoms with Crippen molar-refractivity contribution in [2.45, 2.75) is 30.8 Å². The third-order valence-corrected chi connectivity index (χ3v) is 3.85. The average molecular weight is 316 g/mol. The monoisotopic (exact) mass is 316 g/mol. The van der Waals surface area contributed by atoms with Gasteiger partial charge < -0.3 is 5.11 Å². The lowest BCUT2D eigenvalue weighted by atomic mass is 9.89. The van der Waals surface area contributed by atoms with Crippen LogP contribution in [0, 0.1) is 0 Å². The Hall–Kier alpha value is -1.93. The van der Waals surface area contributed by atoms with Gasteiger partial charge in [0.25, 0.3) is 11.8 Å². The Bertz CT molecular complexity index is 694. The van der Waals surface area contributed by atoms with Gasteiger partial charge in [0.05, 0.1) is 18.6 Å². The molecule has 1 aromatic rings. The number of carbonyl (C=O) groups is 2. The van der Waals surface area contributed by atoms with Crippen LogP contribution >= 0.6 is 0 Å². The van der Waals surface area contributed by atoms with Crippen LogP contribution in [-0.4, -0.2) is 46.3 Å². The molecule has 2 unspecified atom stereocenters. The highest BCUT2D eigenvalue weighted by Gasteiger charge is 2.57. The molecule has 0 bridgehead atoms. The molecule has 0 radical (unpaired) electrons. The first-order valence-electron chi connectivity index (χ1n) is 7.49. The number of piperidine rings is 1. The minimum absolute atomic E-state index is 0.0383. The van der Waals surface area contributed by atoms with E-state index >= 15 is 0 Å². The number of amides is 2. The normalized spacial score (nSPS) is 34.5. The zero-order valence-corrected chi connectivity index (χ0v) is 11.2. The van der Waals surface area contributed by atoms with Crippen molar-refractivity contribution in [1.29, 1.82) is 0 Å². The second-order valence-corrected chi connectivity index (χ2v) is 5.25. The first-order chi connectivity index (χ1) is 11.0. The lowest BCUT2D eigenvalue weighted by molar-refractivity contribution is -0.273. The van der Waals surface area contributed by atoms with Gasteiger partial charge in [-0.3, -0.25) is 19.8 Å². The smallest absolute Gasteiger partial charge is 0.380 e. The topological polar surface area (TPSA) is 69.6 Å². The summed E-state index contributed by atoms with van der Waals surface area (Å²) >= 11 is 0. The van der Waals surface area contributed by atoms with Crippen molar-refractivity contribution in [3.63, 3.8) is 0 Å². The van der Waals surface area contributed by atoms with Crippen molar-refractivity contribution < 1.29 is 30.6 Å². The van der Waals surface area contributed by atoms with Gasteiger partial charge in [-0.2, -0.15) is 13.2 Å². The highest BCUT2D eigenvalue weighted by molar-refractivity contribution is 6.21. The van der Waals surface area contributed by atoms with Crippen LogP contribution in [-0.2, 0) is 0 Å². The van der Waals surface area contributed by atoms with Gasteiger partial charge >= 0.3 is 6.18 Å². The first-order valence-corrected chi connectivity index (χ1v) is 6.55. The molecule has 118 valence electrons. The summed E-state index contributed by atoms with van der Waals surface area (Å²) in [6.07, 6.45) is -9.82. The van der Waals surface area contributed by atoms with Gasteiger partial charge in [0.1, 0.15) is 1.41 Å². The van der Waals surface area contributed by atoms with Gasteiger partial charge in [-0.1, -0.05) is 12.1 Å². The van der Waals surface area contributed by atoms with Crippen molar-refractivity contribution in [2.24, 2.45) is 0 Å². The fourth-order valence-corrected chi connectivity index (χ4v) is 2.59. The van der Waals surface area contributed by atoms with E-state index in [1.807, 2.05) is 0 Å². The number of carbonyl (C=O) groups excluding carboxylic acids is 2. The minimum atomic E-state index is -5.04. The molecular weight excluding hydrogens is 301 g/mol. The van der Waals surface area contributed by atoms with Gasteiger partial charge in [-0.05, 0) is 18.6 Å². The average Bonchev–Trinajstić information content (AvgIpc) is 2.75. The Labute approximate surface area is 126 Å². The number of hydrogen-bond donors (Lipinski definition) is 2. The van der Waals surface area contributed by atoms with Crippen molar-refractivity contribution >= 4 is 11.8 Å². The number of fused-ring (bicyclic) bond motifs is 1. The van der Waals surface area contributed by atoms with E-state index in [1.165, 1.54) is 24.3 Å². The number of hydrogen-bond acceptors (Lipinski definition) is 4. The molecule has 2 atom stereocenters. The minimum Gasteiger partial charge on any atom is -0.380 e.